The van der Waals surface area contributed by atoms with Crippen molar-refractivity contribution in [1.82, 2.24) is 0 Å². The van der Waals surface area contributed by atoms with E-state index in [-0.39, 0.29) is 5.57 Å². The number of hydrogen-bond acceptors (Lipinski definition) is 2. The first-order valence-electron chi connectivity index (χ1n) is 6.75. The second-order valence-corrected chi connectivity index (χ2v) is 5.89. The van der Waals surface area contributed by atoms with Gasteiger partial charge in [0.2, 0.25) is 0 Å². The molecule has 1 N–H and O–H groups in total. The van der Waals surface area contributed by atoms with Crippen LogP contribution in [0.4, 0.5) is 5.69 Å². The number of carbonyl (C=O) groups is 1. The Morgan fingerprint density at radius 2 is 1.95 bits per heavy atom. The van der Waals surface area contributed by atoms with Gasteiger partial charge in [-0.1, -0.05) is 34.1 Å². The van der Waals surface area contributed by atoms with Gasteiger partial charge < -0.3 is 5.32 Å². The van der Waals surface area contributed by atoms with Gasteiger partial charge in [-0.05, 0) is 60.9 Å². The summed E-state index contributed by atoms with van der Waals surface area (Å²) in [6.07, 6.45) is 1.57. The molecule has 0 spiro atoms. The zero-order chi connectivity index (χ0) is 16.1. The van der Waals surface area contributed by atoms with Gasteiger partial charge in [0.15, 0.2) is 0 Å². The molecule has 2 rings (SSSR count). The van der Waals surface area contributed by atoms with E-state index < -0.39 is 5.91 Å². The number of aryl methyl sites for hydroxylation is 2. The number of anilines is 1. The summed E-state index contributed by atoms with van der Waals surface area (Å²) in [4.78, 5) is 12.2. The van der Waals surface area contributed by atoms with Crippen molar-refractivity contribution >= 4 is 33.6 Å². The van der Waals surface area contributed by atoms with Crippen molar-refractivity contribution in [2.75, 3.05) is 5.32 Å². The fourth-order valence-electron chi connectivity index (χ4n) is 1.93. The Hall–Kier alpha value is -2.38. The molecule has 0 bridgehead atoms. The molecule has 0 fully saturated rings. The monoisotopic (exact) mass is 354 g/mol. The van der Waals surface area contributed by atoms with Crippen LogP contribution in [0, 0.1) is 25.2 Å². The predicted octanol–water partition coefficient (Wildman–Crippen LogP) is 4.61. The Labute approximate surface area is 138 Å². The Morgan fingerprint density at radius 1 is 1.18 bits per heavy atom. The van der Waals surface area contributed by atoms with Gasteiger partial charge >= 0.3 is 0 Å². The number of nitrogens with one attached hydrogen (secondary N) is 1. The van der Waals surface area contributed by atoms with E-state index in [9.17, 15) is 10.1 Å². The van der Waals surface area contributed by atoms with Gasteiger partial charge in [0.05, 0.1) is 0 Å². The van der Waals surface area contributed by atoms with Crippen LogP contribution in [-0.2, 0) is 4.79 Å². The lowest BCUT2D eigenvalue weighted by Gasteiger charge is -2.07. The Balaban J connectivity index is 2.22. The van der Waals surface area contributed by atoms with Crippen LogP contribution < -0.4 is 5.32 Å². The molecule has 0 radical (unpaired) electrons. The molecule has 0 unspecified atom stereocenters. The van der Waals surface area contributed by atoms with Crippen molar-refractivity contribution in [3.63, 3.8) is 0 Å². The van der Waals surface area contributed by atoms with Crippen LogP contribution in [0.3, 0.4) is 0 Å². The Morgan fingerprint density at radius 3 is 2.59 bits per heavy atom. The van der Waals surface area contributed by atoms with Crippen LogP contribution in [0.1, 0.15) is 16.7 Å². The SMILES string of the molecule is Cc1ccc(NC(=O)C(C#N)=Cc2cccc(Br)c2)cc1C. The number of rotatable bonds is 3. The summed E-state index contributed by atoms with van der Waals surface area (Å²) in [5, 5.41) is 12.0. The molecule has 0 aromatic heterocycles. The maximum Gasteiger partial charge on any atom is 0.266 e. The van der Waals surface area contributed by atoms with E-state index >= 15 is 0 Å². The van der Waals surface area contributed by atoms with Crippen LogP contribution in [0.2, 0.25) is 0 Å². The zero-order valence-corrected chi connectivity index (χ0v) is 13.9. The first-order valence-corrected chi connectivity index (χ1v) is 7.55. The lowest BCUT2D eigenvalue weighted by molar-refractivity contribution is -0.112. The van der Waals surface area contributed by atoms with Crippen molar-refractivity contribution < 1.29 is 4.79 Å². The molecular weight excluding hydrogens is 340 g/mol. The third-order valence-electron chi connectivity index (χ3n) is 3.29. The van der Waals surface area contributed by atoms with E-state index in [4.69, 9.17) is 0 Å². The number of nitriles is 1. The second kappa shape index (κ2) is 7.06. The highest BCUT2D eigenvalue weighted by Crippen LogP contribution is 2.17. The summed E-state index contributed by atoms with van der Waals surface area (Å²) in [6.45, 7) is 3.99. The van der Waals surface area contributed by atoms with Crippen molar-refractivity contribution in [1.29, 1.82) is 5.26 Å². The van der Waals surface area contributed by atoms with Gasteiger partial charge in [-0.15, -0.1) is 0 Å². The number of carbonyl (C=O) groups excluding carboxylic acids is 1. The third kappa shape index (κ3) is 4.06. The van der Waals surface area contributed by atoms with Gasteiger partial charge in [0, 0.05) is 10.2 Å². The summed E-state index contributed by atoms with van der Waals surface area (Å²) in [5.41, 5.74) is 3.79. The first-order chi connectivity index (χ1) is 10.5. The third-order valence-corrected chi connectivity index (χ3v) is 3.78. The molecule has 0 saturated carbocycles. The average Bonchev–Trinajstić information content (AvgIpc) is 2.48. The molecule has 22 heavy (non-hydrogen) atoms. The lowest BCUT2D eigenvalue weighted by Crippen LogP contribution is -2.13. The Bertz CT molecular complexity index is 788. The minimum atomic E-state index is -0.411. The molecule has 2 aromatic rings. The molecule has 0 aliphatic carbocycles. The van der Waals surface area contributed by atoms with E-state index in [2.05, 4.69) is 21.2 Å². The molecule has 1 amide bonds. The molecule has 4 heteroatoms. The predicted molar refractivity (Wildman–Crippen MR) is 92.3 cm³/mol. The summed E-state index contributed by atoms with van der Waals surface area (Å²) in [7, 11) is 0. The minimum absolute atomic E-state index is 0.0660. The number of halogens is 1. The van der Waals surface area contributed by atoms with E-state index in [0.717, 1.165) is 21.2 Å². The molecular formula is C18H15BrN2O. The summed E-state index contributed by atoms with van der Waals surface area (Å²) in [6, 6.07) is 15.0. The van der Waals surface area contributed by atoms with E-state index in [1.165, 1.54) is 0 Å². The first kappa shape index (κ1) is 16.0. The van der Waals surface area contributed by atoms with Gasteiger partial charge in [0.25, 0.3) is 5.91 Å². The molecule has 0 aliphatic heterocycles. The molecule has 0 heterocycles. The second-order valence-electron chi connectivity index (χ2n) is 4.98. The maximum atomic E-state index is 12.2. The van der Waals surface area contributed by atoms with Crippen molar-refractivity contribution in [3.8, 4) is 6.07 Å². The van der Waals surface area contributed by atoms with Gasteiger partial charge in [-0.25, -0.2) is 0 Å². The molecule has 2 aromatic carbocycles. The normalized spacial score (nSPS) is 10.9. The fourth-order valence-corrected chi connectivity index (χ4v) is 2.35. The van der Waals surface area contributed by atoms with Crippen LogP contribution in [0.15, 0.2) is 52.5 Å². The molecule has 110 valence electrons. The molecule has 0 saturated heterocycles. The largest absolute Gasteiger partial charge is 0.321 e. The van der Waals surface area contributed by atoms with Gasteiger partial charge in [0.1, 0.15) is 11.6 Å². The van der Waals surface area contributed by atoms with E-state index in [1.807, 2.05) is 62.4 Å². The van der Waals surface area contributed by atoms with E-state index in [1.54, 1.807) is 6.08 Å². The van der Waals surface area contributed by atoms with Crippen molar-refractivity contribution in [2.45, 2.75) is 13.8 Å². The van der Waals surface area contributed by atoms with Crippen LogP contribution in [0.5, 0.6) is 0 Å². The highest BCUT2D eigenvalue weighted by molar-refractivity contribution is 9.10. The summed E-state index contributed by atoms with van der Waals surface area (Å²) >= 11 is 3.37. The maximum absolute atomic E-state index is 12.2. The number of amides is 1. The summed E-state index contributed by atoms with van der Waals surface area (Å²) < 4.78 is 0.896. The van der Waals surface area contributed by atoms with Crippen molar-refractivity contribution in [2.24, 2.45) is 0 Å². The quantitative estimate of drug-likeness (QED) is 0.646. The zero-order valence-electron chi connectivity index (χ0n) is 12.4. The number of nitrogens with zero attached hydrogens (tertiary/aromatic N) is 1. The fraction of sp³-hybridized carbons (Fsp3) is 0.111. The van der Waals surface area contributed by atoms with Gasteiger partial charge in [-0.2, -0.15) is 5.26 Å². The minimum Gasteiger partial charge on any atom is -0.321 e. The molecule has 0 atom stereocenters. The summed E-state index contributed by atoms with van der Waals surface area (Å²) in [5.74, 6) is -0.411. The number of benzene rings is 2. The lowest BCUT2D eigenvalue weighted by atomic mass is 10.1. The molecule has 0 aliphatic rings. The van der Waals surface area contributed by atoms with Gasteiger partial charge in [-0.3, -0.25) is 4.79 Å². The Kier molecular flexibility index (Phi) is 5.13. The standard InChI is InChI=1S/C18H15BrN2O/c1-12-6-7-17(8-13(12)2)21-18(22)15(11-20)9-14-4-3-5-16(19)10-14/h3-10H,1-2H3,(H,21,22). The van der Waals surface area contributed by atoms with E-state index in [0.29, 0.717) is 5.69 Å². The highest BCUT2D eigenvalue weighted by Gasteiger charge is 2.10. The smallest absolute Gasteiger partial charge is 0.266 e. The van der Waals surface area contributed by atoms with Crippen molar-refractivity contribution in [3.05, 3.63) is 69.2 Å². The number of hydrogen-bond donors (Lipinski definition) is 1. The topological polar surface area (TPSA) is 52.9 Å². The highest BCUT2D eigenvalue weighted by atomic mass is 79.9. The van der Waals surface area contributed by atoms with Crippen LogP contribution >= 0.6 is 15.9 Å². The van der Waals surface area contributed by atoms with Crippen LogP contribution in [0.25, 0.3) is 6.08 Å². The molecule has 3 nitrogen and oxygen atoms in total. The van der Waals surface area contributed by atoms with Crippen LogP contribution in [-0.4, -0.2) is 5.91 Å². The average molecular weight is 355 g/mol.